The van der Waals surface area contributed by atoms with E-state index >= 15 is 4.79 Å². The fourth-order valence-electron chi connectivity index (χ4n) is 8.96. The summed E-state index contributed by atoms with van der Waals surface area (Å²) < 4.78 is 12.7. The Hall–Kier alpha value is -5.26. The van der Waals surface area contributed by atoms with Gasteiger partial charge in [-0.3, -0.25) is 19.3 Å². The van der Waals surface area contributed by atoms with Crippen LogP contribution < -0.4 is 19.7 Å². The van der Waals surface area contributed by atoms with Gasteiger partial charge in [0, 0.05) is 41.0 Å². The van der Waals surface area contributed by atoms with Crippen LogP contribution in [0, 0.1) is 5.92 Å². The number of carbonyl (C=O) groups excluding carboxylic acids is 3. The van der Waals surface area contributed by atoms with Crippen LogP contribution in [0.15, 0.2) is 127 Å². The number of aliphatic hydroxyl groups is 1. The third-order valence-electron chi connectivity index (χ3n) is 11.8. The van der Waals surface area contributed by atoms with Crippen molar-refractivity contribution >= 4 is 60.1 Å². The summed E-state index contributed by atoms with van der Waals surface area (Å²) in [6.07, 6.45) is 0.210. The number of hydrogen-bond acceptors (Lipinski definition) is 6. The number of carbonyl (C=O) groups is 3. The highest BCUT2D eigenvalue weighted by Gasteiger charge is 2.66. The summed E-state index contributed by atoms with van der Waals surface area (Å²) in [6, 6.07) is 40.3. The predicted molar refractivity (Wildman–Crippen MR) is 227 cm³/mol. The molecule has 1 saturated heterocycles. The Morgan fingerprint density at radius 1 is 0.912 bits per heavy atom. The molecule has 1 spiro atoms. The number of fused-ring (bicyclic) bond motifs is 2. The van der Waals surface area contributed by atoms with Gasteiger partial charge in [0.1, 0.15) is 5.75 Å². The number of methoxy groups -OCH3 is 1. The highest BCUT2D eigenvalue weighted by atomic mass is 35.5. The molecule has 9 nitrogen and oxygen atoms in total. The zero-order valence-electron chi connectivity index (χ0n) is 32.7. The van der Waals surface area contributed by atoms with Crippen LogP contribution in [0.1, 0.15) is 30.0 Å². The summed E-state index contributed by atoms with van der Waals surface area (Å²) in [6.45, 7) is 7.23. The number of anilines is 3. The molecule has 0 radical (unpaired) electrons. The number of nitrogens with zero attached hydrogens (tertiary/aromatic N) is 3. The van der Waals surface area contributed by atoms with E-state index in [1.807, 2.05) is 109 Å². The number of ether oxygens (including phenoxy) is 2. The lowest BCUT2D eigenvalue weighted by molar-refractivity contribution is -0.150. The minimum Gasteiger partial charge on any atom is -0.497 e. The number of amides is 3. The van der Waals surface area contributed by atoms with E-state index in [2.05, 4.69) is 32.2 Å². The van der Waals surface area contributed by atoms with E-state index in [-0.39, 0.29) is 49.4 Å². The van der Waals surface area contributed by atoms with Crippen molar-refractivity contribution in [2.45, 2.75) is 56.8 Å². The van der Waals surface area contributed by atoms with Gasteiger partial charge in [-0.15, -0.1) is 0 Å². The molecule has 1 fully saturated rings. The molecule has 11 heteroatoms. The molecule has 57 heavy (non-hydrogen) atoms. The molecule has 2 heterocycles. The Morgan fingerprint density at radius 2 is 1.56 bits per heavy atom. The second-order valence-corrected chi connectivity index (χ2v) is 20.5. The first-order valence-electron chi connectivity index (χ1n) is 19.3. The molecule has 1 N–H and O–H groups in total. The van der Waals surface area contributed by atoms with Gasteiger partial charge in [0.2, 0.25) is 12.3 Å². The minimum atomic E-state index is -2.54. The number of aliphatic hydroxyl groups excluding tert-OH is 1. The van der Waals surface area contributed by atoms with Gasteiger partial charge in [-0.05, 0) is 71.3 Å². The molecule has 4 atom stereocenters. The molecule has 7 rings (SSSR count). The van der Waals surface area contributed by atoms with E-state index < -0.39 is 19.8 Å². The van der Waals surface area contributed by atoms with Crippen LogP contribution >= 0.6 is 11.6 Å². The summed E-state index contributed by atoms with van der Waals surface area (Å²) in [5, 5.41) is 11.7. The SMILES string of the molecule is COc1ccc([Si](C)(C)[C@H]2[C@H](CC(=O)N(CCO)Cc3ccccc3)O[C@@]3(C(=O)N(Cc4ccc(N(C=O)c5ccccc5)cc4)c4ccc(Cl)cc43)[C@@H]2C)cc1. The van der Waals surface area contributed by atoms with Crippen LogP contribution in [0.25, 0.3) is 0 Å². The number of halogens is 1. The maximum atomic E-state index is 15.3. The Labute approximate surface area is 340 Å². The Balaban J connectivity index is 1.25. The van der Waals surface area contributed by atoms with Gasteiger partial charge in [-0.25, -0.2) is 0 Å². The van der Waals surface area contributed by atoms with Gasteiger partial charge < -0.3 is 24.4 Å². The normalized spacial score (nSPS) is 20.1. The lowest BCUT2D eigenvalue weighted by Gasteiger charge is -2.37. The van der Waals surface area contributed by atoms with Crippen molar-refractivity contribution < 1.29 is 29.0 Å². The van der Waals surface area contributed by atoms with Crippen molar-refractivity contribution in [3.05, 3.63) is 149 Å². The second kappa shape index (κ2) is 16.7. The monoisotopic (exact) mass is 801 g/mol. The zero-order valence-corrected chi connectivity index (χ0v) is 34.4. The summed E-state index contributed by atoms with van der Waals surface area (Å²) in [5.41, 5.74) is 3.09. The molecule has 0 bridgehead atoms. The van der Waals surface area contributed by atoms with E-state index in [1.54, 1.807) is 27.9 Å². The maximum absolute atomic E-state index is 15.3. The van der Waals surface area contributed by atoms with Crippen LogP contribution in [0.4, 0.5) is 17.1 Å². The summed E-state index contributed by atoms with van der Waals surface area (Å²) in [7, 11) is -0.902. The van der Waals surface area contributed by atoms with Gasteiger partial charge in [-0.2, -0.15) is 0 Å². The number of para-hydroxylation sites is 1. The van der Waals surface area contributed by atoms with Crippen molar-refractivity contribution in [2.75, 3.05) is 30.1 Å². The average Bonchev–Trinajstić information content (AvgIpc) is 3.64. The molecule has 5 aromatic rings. The standard InChI is InChI=1S/C46H48ClN3O6Si/c1-32-44(57(3,4)39-22-20-38(55-2)21-23-39)42(28-43(53)48(25-26-51)29-33-11-7-5-8-12-33)56-46(32)40-27-35(47)17-24-41(40)49(45(46)54)30-34-15-18-37(19-16-34)50(31-52)36-13-9-6-10-14-36/h5-24,27,31-32,42,44,51H,25-26,28-30H2,1-4H3/t32-,42+,44-,46+/m1/s1. The topological polar surface area (TPSA) is 99.6 Å². The summed E-state index contributed by atoms with van der Waals surface area (Å²) in [4.78, 5) is 46.8. The Kier molecular flexibility index (Phi) is 11.7. The van der Waals surface area contributed by atoms with Crippen LogP contribution in [0.3, 0.4) is 0 Å². The summed E-state index contributed by atoms with van der Waals surface area (Å²) >= 11 is 6.72. The first-order chi connectivity index (χ1) is 27.5. The van der Waals surface area contributed by atoms with E-state index in [4.69, 9.17) is 21.1 Å². The maximum Gasteiger partial charge on any atom is 0.264 e. The van der Waals surface area contributed by atoms with Crippen molar-refractivity contribution in [3.63, 3.8) is 0 Å². The van der Waals surface area contributed by atoms with Gasteiger partial charge >= 0.3 is 0 Å². The molecule has 2 aliphatic rings. The molecule has 5 aromatic carbocycles. The minimum absolute atomic E-state index is 0.0372. The fraction of sp³-hybridized carbons (Fsp3) is 0.283. The molecule has 0 aromatic heterocycles. The first kappa shape index (κ1) is 40.0. The van der Waals surface area contributed by atoms with Crippen LogP contribution in [-0.4, -0.2) is 62.7 Å². The molecule has 3 amide bonds. The molecule has 2 aliphatic heterocycles. The van der Waals surface area contributed by atoms with Gasteiger partial charge in [0.25, 0.3) is 5.91 Å². The molecular formula is C46H48ClN3O6Si. The van der Waals surface area contributed by atoms with Crippen molar-refractivity contribution in [1.29, 1.82) is 0 Å². The lowest BCUT2D eigenvalue weighted by atomic mass is 9.82. The van der Waals surface area contributed by atoms with Crippen LogP contribution in [-0.2, 0) is 37.8 Å². The van der Waals surface area contributed by atoms with E-state index in [1.165, 1.54) is 0 Å². The quantitative estimate of drug-likeness (QED) is 0.0909. The molecule has 0 unspecified atom stereocenters. The number of benzene rings is 5. The van der Waals surface area contributed by atoms with Crippen molar-refractivity contribution in [3.8, 4) is 5.75 Å². The smallest absolute Gasteiger partial charge is 0.264 e. The fourth-order valence-corrected chi connectivity index (χ4v) is 13.1. The first-order valence-corrected chi connectivity index (χ1v) is 22.7. The Morgan fingerprint density at radius 3 is 2.19 bits per heavy atom. The van der Waals surface area contributed by atoms with Crippen molar-refractivity contribution in [1.82, 2.24) is 4.90 Å². The van der Waals surface area contributed by atoms with Gasteiger partial charge in [0.05, 0.1) is 46.5 Å². The average molecular weight is 802 g/mol. The third kappa shape index (κ3) is 7.62. The number of hydrogen-bond donors (Lipinski definition) is 1. The summed E-state index contributed by atoms with van der Waals surface area (Å²) in [5.74, 6) is 0.0511. The zero-order chi connectivity index (χ0) is 40.3. The van der Waals surface area contributed by atoms with Crippen molar-refractivity contribution in [2.24, 2.45) is 5.92 Å². The van der Waals surface area contributed by atoms with Crippen LogP contribution in [0.5, 0.6) is 5.75 Å². The Bertz CT molecular complexity index is 2210. The van der Waals surface area contributed by atoms with Gasteiger partial charge in [-0.1, -0.05) is 110 Å². The lowest BCUT2D eigenvalue weighted by Crippen LogP contribution is -2.52. The van der Waals surface area contributed by atoms with E-state index in [0.717, 1.165) is 34.2 Å². The largest absolute Gasteiger partial charge is 0.497 e. The van der Waals surface area contributed by atoms with Crippen LogP contribution in [0.2, 0.25) is 23.7 Å². The highest BCUT2D eigenvalue weighted by molar-refractivity contribution is 6.91. The number of rotatable bonds is 14. The molecule has 0 saturated carbocycles. The molecule has 294 valence electrons. The van der Waals surface area contributed by atoms with E-state index in [9.17, 15) is 14.7 Å². The third-order valence-corrected chi connectivity index (χ3v) is 16.4. The highest BCUT2D eigenvalue weighted by Crippen LogP contribution is 2.60. The van der Waals surface area contributed by atoms with Gasteiger partial charge in [0.15, 0.2) is 5.60 Å². The second-order valence-electron chi connectivity index (χ2n) is 15.4. The molecular weight excluding hydrogens is 754 g/mol. The van der Waals surface area contributed by atoms with E-state index in [0.29, 0.717) is 28.5 Å². The molecule has 0 aliphatic carbocycles. The predicted octanol–water partition coefficient (Wildman–Crippen LogP) is 7.82.